The number of methoxy groups -OCH3 is 2. The number of benzene rings is 2. The highest BCUT2D eigenvalue weighted by Crippen LogP contribution is 2.37. The summed E-state index contributed by atoms with van der Waals surface area (Å²) in [6, 6.07) is 12.9. The molecule has 216 valence electrons. The summed E-state index contributed by atoms with van der Waals surface area (Å²) in [5, 5.41) is 0.420. The number of carbonyl (C=O) groups excluding carboxylic acids is 2. The number of ether oxygens (including phenoxy) is 3. The van der Waals surface area contributed by atoms with Crippen LogP contribution in [0.15, 0.2) is 74.0 Å². The molecule has 11 heteroatoms. The maximum Gasteiger partial charge on any atom is 0.338 e. The Morgan fingerprint density at radius 1 is 1.10 bits per heavy atom. The Morgan fingerprint density at radius 2 is 1.88 bits per heavy atom. The van der Waals surface area contributed by atoms with Gasteiger partial charge in [0.25, 0.3) is 5.56 Å². The van der Waals surface area contributed by atoms with Crippen molar-refractivity contribution in [2.45, 2.75) is 26.8 Å². The van der Waals surface area contributed by atoms with Crippen LogP contribution in [0.2, 0.25) is 5.02 Å². The molecule has 0 saturated carbocycles. The zero-order chi connectivity index (χ0) is 30.1. The Morgan fingerprint density at radius 3 is 2.57 bits per heavy atom. The van der Waals surface area contributed by atoms with Gasteiger partial charge in [-0.25, -0.2) is 14.6 Å². The van der Waals surface area contributed by atoms with Crippen LogP contribution in [0.5, 0.6) is 5.75 Å². The first-order chi connectivity index (χ1) is 20.2. The Hall–Kier alpha value is -4.41. The van der Waals surface area contributed by atoms with Crippen molar-refractivity contribution in [2.75, 3.05) is 20.8 Å². The van der Waals surface area contributed by atoms with Crippen molar-refractivity contribution in [3.63, 3.8) is 0 Å². The van der Waals surface area contributed by atoms with E-state index < -0.39 is 18.0 Å². The quantitative estimate of drug-likeness (QED) is 0.278. The maximum atomic E-state index is 13.9. The molecule has 0 amide bonds. The molecule has 42 heavy (non-hydrogen) atoms. The lowest BCUT2D eigenvalue weighted by molar-refractivity contribution is -0.139. The molecule has 0 unspecified atom stereocenters. The third kappa shape index (κ3) is 5.31. The van der Waals surface area contributed by atoms with Gasteiger partial charge in [-0.15, -0.1) is 0 Å². The molecule has 4 aromatic rings. The number of thiazole rings is 1. The van der Waals surface area contributed by atoms with Crippen LogP contribution in [0, 0.1) is 6.92 Å². The van der Waals surface area contributed by atoms with Crippen molar-refractivity contribution in [1.29, 1.82) is 0 Å². The van der Waals surface area contributed by atoms with Crippen LogP contribution >= 0.6 is 22.9 Å². The molecule has 1 aliphatic rings. The summed E-state index contributed by atoms with van der Waals surface area (Å²) in [5.41, 5.74) is 2.89. The van der Waals surface area contributed by atoms with E-state index in [0.29, 0.717) is 48.5 Å². The predicted octanol–water partition coefficient (Wildman–Crippen LogP) is 4.82. The molecule has 0 N–H and O–H groups in total. The number of carbonyl (C=O) groups is 2. The van der Waals surface area contributed by atoms with Gasteiger partial charge < -0.3 is 18.6 Å². The number of halogens is 1. The van der Waals surface area contributed by atoms with Gasteiger partial charge in [-0.3, -0.25) is 9.36 Å². The first-order valence-electron chi connectivity index (χ1n) is 13.0. The lowest BCUT2D eigenvalue weighted by Gasteiger charge is -2.26. The van der Waals surface area contributed by atoms with Crippen LogP contribution < -0.4 is 19.6 Å². The molecule has 0 aliphatic carbocycles. The lowest BCUT2D eigenvalue weighted by Crippen LogP contribution is -2.40. The standard InChI is InChI=1S/C31H27ClN2O7S/c1-6-40-30(37)26-17(3)33-31-34(27(26)22-14-19(32)8-11-23(22)38-4)28(35)25(42-31)15-20-9-12-24(41-20)21-10-7-18(13-16(21)2)29(36)39-5/h7-15,27H,6H2,1-5H3/b25-15-/t27-/m1/s1. The monoisotopic (exact) mass is 606 g/mol. The molecule has 5 rings (SSSR count). The van der Waals surface area contributed by atoms with Crippen LogP contribution in [0.25, 0.3) is 17.4 Å². The van der Waals surface area contributed by atoms with Crippen molar-refractivity contribution in [3.8, 4) is 17.1 Å². The van der Waals surface area contributed by atoms with E-state index in [1.54, 1.807) is 68.5 Å². The van der Waals surface area contributed by atoms with Crippen LogP contribution in [0.1, 0.15) is 47.1 Å². The highest BCUT2D eigenvalue weighted by Gasteiger charge is 2.35. The number of fused-ring (bicyclic) bond motifs is 1. The minimum absolute atomic E-state index is 0.158. The van der Waals surface area contributed by atoms with E-state index in [-0.39, 0.29) is 17.7 Å². The Bertz CT molecular complexity index is 1930. The van der Waals surface area contributed by atoms with Gasteiger partial charge in [-0.1, -0.05) is 29.0 Å². The molecule has 2 aromatic heterocycles. The Kier molecular flexibility index (Phi) is 8.20. The fourth-order valence-electron chi connectivity index (χ4n) is 4.89. The van der Waals surface area contributed by atoms with E-state index in [9.17, 15) is 14.4 Å². The van der Waals surface area contributed by atoms with Crippen LogP contribution in [0.3, 0.4) is 0 Å². The SMILES string of the molecule is CCOC(=O)C1=C(C)N=c2s/c(=C\c3ccc(-c4ccc(C(=O)OC)cc4C)o3)c(=O)n2[C@@H]1c1cc(Cl)ccc1OC. The number of aryl methyl sites for hydroxylation is 1. The van der Waals surface area contributed by atoms with E-state index in [1.165, 1.54) is 30.1 Å². The fourth-order valence-corrected chi connectivity index (χ4v) is 6.10. The second-order valence-corrected chi connectivity index (χ2v) is 10.9. The largest absolute Gasteiger partial charge is 0.496 e. The number of hydrogen-bond donors (Lipinski definition) is 0. The summed E-state index contributed by atoms with van der Waals surface area (Å²) in [5.74, 6) is 0.481. The highest BCUT2D eigenvalue weighted by molar-refractivity contribution is 7.07. The third-order valence-corrected chi connectivity index (χ3v) is 8.03. The second kappa shape index (κ2) is 11.8. The topological polar surface area (TPSA) is 109 Å². The summed E-state index contributed by atoms with van der Waals surface area (Å²) >= 11 is 7.53. The highest BCUT2D eigenvalue weighted by atomic mass is 35.5. The van der Waals surface area contributed by atoms with Crippen molar-refractivity contribution in [2.24, 2.45) is 4.99 Å². The summed E-state index contributed by atoms with van der Waals surface area (Å²) in [6.07, 6.45) is 1.64. The molecular weight excluding hydrogens is 580 g/mol. The van der Waals surface area contributed by atoms with Gasteiger partial charge >= 0.3 is 11.9 Å². The molecule has 0 fully saturated rings. The van der Waals surface area contributed by atoms with Gasteiger partial charge in [-0.05, 0) is 68.8 Å². The van der Waals surface area contributed by atoms with Crippen molar-refractivity contribution in [1.82, 2.24) is 4.57 Å². The molecule has 9 nitrogen and oxygen atoms in total. The van der Waals surface area contributed by atoms with Crippen molar-refractivity contribution >= 4 is 41.0 Å². The smallest absolute Gasteiger partial charge is 0.338 e. The molecule has 3 heterocycles. The fraction of sp³-hybridized carbons (Fsp3) is 0.226. The Balaban J connectivity index is 1.63. The van der Waals surface area contributed by atoms with Crippen molar-refractivity contribution in [3.05, 3.63) is 107 Å². The predicted molar refractivity (Wildman–Crippen MR) is 159 cm³/mol. The number of aromatic nitrogens is 1. The molecular formula is C31H27ClN2O7S. The lowest BCUT2D eigenvalue weighted by atomic mass is 9.95. The van der Waals surface area contributed by atoms with E-state index in [2.05, 4.69) is 4.99 Å². The maximum absolute atomic E-state index is 13.9. The third-order valence-electron chi connectivity index (χ3n) is 6.82. The average Bonchev–Trinajstić information content (AvgIpc) is 3.55. The molecule has 1 atom stereocenters. The van der Waals surface area contributed by atoms with Crippen LogP contribution in [-0.2, 0) is 14.3 Å². The van der Waals surface area contributed by atoms with Gasteiger partial charge in [0.1, 0.15) is 23.3 Å². The van der Waals surface area contributed by atoms with Gasteiger partial charge in [0.05, 0.1) is 42.2 Å². The average molecular weight is 607 g/mol. The molecule has 2 aromatic carbocycles. The van der Waals surface area contributed by atoms with Gasteiger partial charge in [-0.2, -0.15) is 0 Å². The molecule has 1 aliphatic heterocycles. The number of hydrogen-bond acceptors (Lipinski definition) is 9. The molecule has 0 bridgehead atoms. The first-order valence-corrected chi connectivity index (χ1v) is 14.2. The minimum Gasteiger partial charge on any atom is -0.496 e. The number of furan rings is 1. The summed E-state index contributed by atoms with van der Waals surface area (Å²) < 4.78 is 23.6. The number of allylic oxidation sites excluding steroid dienone is 1. The summed E-state index contributed by atoms with van der Waals surface area (Å²) in [7, 11) is 2.84. The second-order valence-electron chi connectivity index (χ2n) is 9.41. The van der Waals surface area contributed by atoms with Gasteiger partial charge in [0, 0.05) is 22.2 Å². The van der Waals surface area contributed by atoms with E-state index in [0.717, 1.165) is 11.1 Å². The number of rotatable bonds is 7. The number of esters is 2. The molecule has 0 spiro atoms. The number of nitrogens with zero attached hydrogens (tertiary/aromatic N) is 2. The molecule has 0 saturated heterocycles. The van der Waals surface area contributed by atoms with E-state index >= 15 is 0 Å². The zero-order valence-corrected chi connectivity index (χ0v) is 25.1. The first kappa shape index (κ1) is 29.1. The minimum atomic E-state index is -0.876. The van der Waals surface area contributed by atoms with Gasteiger partial charge in [0.15, 0.2) is 4.80 Å². The van der Waals surface area contributed by atoms with E-state index in [4.69, 9.17) is 30.2 Å². The van der Waals surface area contributed by atoms with Gasteiger partial charge in [0.2, 0.25) is 0 Å². The Labute approximate surface area is 249 Å². The summed E-state index contributed by atoms with van der Waals surface area (Å²) in [4.78, 5) is 44.0. The van der Waals surface area contributed by atoms with Crippen molar-refractivity contribution < 1.29 is 28.2 Å². The van der Waals surface area contributed by atoms with E-state index in [1.807, 2.05) is 6.92 Å². The summed E-state index contributed by atoms with van der Waals surface area (Å²) in [6.45, 7) is 5.45. The normalized spacial score (nSPS) is 14.8. The van der Waals surface area contributed by atoms with Crippen LogP contribution in [-0.4, -0.2) is 37.3 Å². The van der Waals surface area contributed by atoms with Crippen LogP contribution in [0.4, 0.5) is 0 Å². The zero-order valence-electron chi connectivity index (χ0n) is 23.5. The molecule has 0 radical (unpaired) electrons.